The first-order valence-electron chi connectivity index (χ1n) is 5.60. The Bertz CT molecular complexity index is 378. The summed E-state index contributed by atoms with van der Waals surface area (Å²) in [5, 5.41) is 3.39. The SMILES string of the molecule is Fc1ccc2c(c1)N1CCNCC1CC2. The van der Waals surface area contributed by atoms with Crippen molar-refractivity contribution in [3.63, 3.8) is 0 Å². The first-order chi connectivity index (χ1) is 7.34. The molecule has 2 nitrogen and oxygen atoms in total. The number of halogens is 1. The van der Waals surface area contributed by atoms with Crippen molar-refractivity contribution < 1.29 is 4.39 Å². The van der Waals surface area contributed by atoms with E-state index in [1.54, 1.807) is 12.1 Å². The number of nitrogens with zero attached hydrogens (tertiary/aromatic N) is 1. The smallest absolute Gasteiger partial charge is 0.125 e. The standard InChI is InChI=1S/C12H15FN2/c13-10-3-1-9-2-4-11-8-14-5-6-15(11)12(9)7-10/h1,3,7,11,14H,2,4-6,8H2. The number of hydrogen-bond acceptors (Lipinski definition) is 2. The Balaban J connectivity index is 2.01. The highest BCUT2D eigenvalue weighted by molar-refractivity contribution is 5.57. The second-order valence-corrected chi connectivity index (χ2v) is 4.36. The van der Waals surface area contributed by atoms with Gasteiger partial charge in [-0.15, -0.1) is 0 Å². The fourth-order valence-corrected chi connectivity index (χ4v) is 2.67. The first-order valence-corrected chi connectivity index (χ1v) is 5.60. The molecular formula is C12H15FN2. The Labute approximate surface area is 89.1 Å². The van der Waals surface area contributed by atoms with E-state index in [4.69, 9.17) is 0 Å². The summed E-state index contributed by atoms with van der Waals surface area (Å²) in [7, 11) is 0. The maximum atomic E-state index is 13.2. The van der Waals surface area contributed by atoms with Gasteiger partial charge in [-0.3, -0.25) is 0 Å². The minimum atomic E-state index is -0.118. The Kier molecular flexibility index (Phi) is 2.13. The van der Waals surface area contributed by atoms with Gasteiger partial charge in [-0.05, 0) is 30.5 Å². The molecule has 1 saturated heterocycles. The zero-order valence-electron chi connectivity index (χ0n) is 8.67. The highest BCUT2D eigenvalue weighted by Crippen LogP contribution is 2.31. The van der Waals surface area contributed by atoms with Crippen molar-refractivity contribution in [1.29, 1.82) is 0 Å². The van der Waals surface area contributed by atoms with Crippen molar-refractivity contribution >= 4 is 5.69 Å². The fraction of sp³-hybridized carbons (Fsp3) is 0.500. The van der Waals surface area contributed by atoms with Gasteiger partial charge >= 0.3 is 0 Å². The van der Waals surface area contributed by atoms with Crippen molar-refractivity contribution in [1.82, 2.24) is 5.32 Å². The molecule has 1 fully saturated rings. The lowest BCUT2D eigenvalue weighted by Gasteiger charge is -2.42. The molecule has 1 aromatic carbocycles. The third-order valence-corrected chi connectivity index (χ3v) is 3.45. The largest absolute Gasteiger partial charge is 0.366 e. The number of rotatable bonds is 0. The zero-order chi connectivity index (χ0) is 10.3. The van der Waals surface area contributed by atoms with Gasteiger partial charge in [0.15, 0.2) is 0 Å². The van der Waals surface area contributed by atoms with Crippen molar-refractivity contribution in [2.45, 2.75) is 18.9 Å². The number of nitrogens with one attached hydrogen (secondary N) is 1. The summed E-state index contributed by atoms with van der Waals surface area (Å²) in [5.41, 5.74) is 2.42. The number of anilines is 1. The van der Waals surface area contributed by atoms with Crippen LogP contribution in [0.5, 0.6) is 0 Å². The van der Waals surface area contributed by atoms with E-state index in [1.807, 2.05) is 6.07 Å². The molecule has 0 aliphatic carbocycles. The normalized spacial score (nSPS) is 24.6. The lowest BCUT2D eigenvalue weighted by molar-refractivity contribution is 0.439. The van der Waals surface area contributed by atoms with Gasteiger partial charge in [0.1, 0.15) is 5.82 Å². The number of piperazine rings is 1. The van der Waals surface area contributed by atoms with Gasteiger partial charge in [-0.25, -0.2) is 4.39 Å². The van der Waals surface area contributed by atoms with Crippen LogP contribution in [0.3, 0.4) is 0 Å². The maximum absolute atomic E-state index is 13.2. The molecule has 0 bridgehead atoms. The molecule has 1 unspecified atom stereocenters. The van der Waals surface area contributed by atoms with Crippen molar-refractivity contribution in [3.8, 4) is 0 Å². The lowest BCUT2D eigenvalue weighted by Crippen LogP contribution is -2.53. The van der Waals surface area contributed by atoms with E-state index in [9.17, 15) is 4.39 Å². The molecule has 0 aromatic heterocycles. The number of benzene rings is 1. The molecule has 3 heteroatoms. The van der Waals surface area contributed by atoms with Crippen LogP contribution in [-0.2, 0) is 6.42 Å². The van der Waals surface area contributed by atoms with Crippen LogP contribution in [0.2, 0.25) is 0 Å². The zero-order valence-corrected chi connectivity index (χ0v) is 8.67. The summed E-state index contributed by atoms with van der Waals surface area (Å²) in [5.74, 6) is -0.118. The highest BCUT2D eigenvalue weighted by atomic mass is 19.1. The van der Waals surface area contributed by atoms with Gasteiger partial charge in [0, 0.05) is 31.4 Å². The van der Waals surface area contributed by atoms with Crippen LogP contribution in [0.4, 0.5) is 10.1 Å². The van der Waals surface area contributed by atoms with Gasteiger partial charge in [-0.2, -0.15) is 0 Å². The maximum Gasteiger partial charge on any atom is 0.125 e. The second kappa shape index (κ2) is 3.49. The molecule has 15 heavy (non-hydrogen) atoms. The predicted molar refractivity (Wildman–Crippen MR) is 58.7 cm³/mol. The van der Waals surface area contributed by atoms with Gasteiger partial charge < -0.3 is 10.2 Å². The molecule has 0 spiro atoms. The molecule has 0 radical (unpaired) electrons. The summed E-state index contributed by atoms with van der Waals surface area (Å²) < 4.78 is 13.2. The highest BCUT2D eigenvalue weighted by Gasteiger charge is 2.28. The van der Waals surface area contributed by atoms with E-state index < -0.39 is 0 Å². The van der Waals surface area contributed by atoms with E-state index in [1.165, 1.54) is 12.0 Å². The molecule has 3 rings (SSSR count). The van der Waals surface area contributed by atoms with Crippen LogP contribution in [-0.4, -0.2) is 25.7 Å². The van der Waals surface area contributed by atoms with Crippen LogP contribution in [0.15, 0.2) is 18.2 Å². The Hall–Kier alpha value is -1.09. The van der Waals surface area contributed by atoms with Crippen LogP contribution >= 0.6 is 0 Å². The summed E-state index contributed by atoms with van der Waals surface area (Å²) in [6.45, 7) is 3.05. The van der Waals surface area contributed by atoms with E-state index >= 15 is 0 Å². The lowest BCUT2D eigenvalue weighted by atomic mass is 9.94. The quantitative estimate of drug-likeness (QED) is 0.693. The second-order valence-electron chi connectivity index (χ2n) is 4.36. The topological polar surface area (TPSA) is 15.3 Å². The minimum Gasteiger partial charge on any atom is -0.366 e. The molecule has 1 aromatic rings. The van der Waals surface area contributed by atoms with Crippen molar-refractivity contribution in [3.05, 3.63) is 29.6 Å². The van der Waals surface area contributed by atoms with Crippen LogP contribution < -0.4 is 10.2 Å². The molecule has 1 atom stereocenters. The van der Waals surface area contributed by atoms with Crippen LogP contribution in [0, 0.1) is 5.82 Å². The number of fused-ring (bicyclic) bond motifs is 3. The third kappa shape index (κ3) is 1.51. The molecule has 2 heterocycles. The summed E-state index contributed by atoms with van der Waals surface area (Å²) in [6.07, 6.45) is 2.27. The minimum absolute atomic E-state index is 0.118. The van der Waals surface area contributed by atoms with Gasteiger partial charge in [-0.1, -0.05) is 6.07 Å². The third-order valence-electron chi connectivity index (χ3n) is 3.45. The molecule has 80 valence electrons. The Morgan fingerprint density at radius 1 is 1.40 bits per heavy atom. The van der Waals surface area contributed by atoms with E-state index in [2.05, 4.69) is 10.2 Å². The average Bonchev–Trinajstić information content (AvgIpc) is 2.29. The number of aryl methyl sites for hydroxylation is 1. The van der Waals surface area contributed by atoms with Gasteiger partial charge in [0.25, 0.3) is 0 Å². The van der Waals surface area contributed by atoms with Crippen LogP contribution in [0.25, 0.3) is 0 Å². The van der Waals surface area contributed by atoms with Gasteiger partial charge in [0.2, 0.25) is 0 Å². The summed E-state index contributed by atoms with van der Waals surface area (Å²) in [4.78, 5) is 2.36. The number of hydrogen-bond donors (Lipinski definition) is 1. The molecular weight excluding hydrogens is 191 g/mol. The Morgan fingerprint density at radius 2 is 2.33 bits per heavy atom. The molecule has 2 aliphatic rings. The summed E-state index contributed by atoms with van der Waals surface area (Å²) >= 11 is 0. The molecule has 0 amide bonds. The monoisotopic (exact) mass is 206 g/mol. The molecule has 0 saturated carbocycles. The van der Waals surface area contributed by atoms with E-state index in [-0.39, 0.29) is 5.82 Å². The fourth-order valence-electron chi connectivity index (χ4n) is 2.67. The van der Waals surface area contributed by atoms with Crippen molar-refractivity contribution in [2.24, 2.45) is 0 Å². The van der Waals surface area contributed by atoms with Crippen LogP contribution in [0.1, 0.15) is 12.0 Å². The summed E-state index contributed by atoms with van der Waals surface area (Å²) in [6, 6.07) is 5.75. The average molecular weight is 206 g/mol. The molecule has 2 aliphatic heterocycles. The Morgan fingerprint density at radius 3 is 3.27 bits per heavy atom. The first kappa shape index (κ1) is 9.16. The predicted octanol–water partition coefficient (Wildman–Crippen LogP) is 1.55. The van der Waals surface area contributed by atoms with Gasteiger partial charge in [0.05, 0.1) is 0 Å². The van der Waals surface area contributed by atoms with E-state index in [0.29, 0.717) is 6.04 Å². The van der Waals surface area contributed by atoms with Crippen molar-refractivity contribution in [2.75, 3.05) is 24.5 Å². The van der Waals surface area contributed by atoms with E-state index in [0.717, 1.165) is 31.7 Å². The molecule has 1 N–H and O–H groups in total.